The summed E-state index contributed by atoms with van der Waals surface area (Å²) in [5.74, 6) is -1.58. The molecule has 1 fully saturated rings. The Hall–Kier alpha value is -1.10. The van der Waals surface area contributed by atoms with Crippen molar-refractivity contribution in [1.29, 1.82) is 0 Å². The highest BCUT2D eigenvalue weighted by molar-refractivity contribution is 5.99. The third-order valence-corrected chi connectivity index (χ3v) is 3.75. The predicted molar refractivity (Wildman–Crippen MR) is 74.4 cm³/mol. The zero-order valence-corrected chi connectivity index (χ0v) is 12.7. The van der Waals surface area contributed by atoms with E-state index in [0.717, 1.165) is 19.4 Å². The molecule has 5 nitrogen and oxygen atoms in total. The summed E-state index contributed by atoms with van der Waals surface area (Å²) in [6, 6.07) is 0. The third kappa shape index (κ3) is 4.20. The number of carbonyl (C=O) groups excluding carboxylic acids is 1. The Bertz CT molecular complexity index is 333. The van der Waals surface area contributed by atoms with Crippen LogP contribution in [0.4, 0.5) is 0 Å². The van der Waals surface area contributed by atoms with E-state index in [0.29, 0.717) is 12.8 Å². The fourth-order valence-electron chi connectivity index (χ4n) is 2.81. The quantitative estimate of drug-likeness (QED) is 0.548. The molecule has 0 spiro atoms. The van der Waals surface area contributed by atoms with Crippen LogP contribution in [-0.2, 0) is 19.1 Å². The van der Waals surface area contributed by atoms with E-state index in [1.807, 2.05) is 13.8 Å². The molecule has 0 aliphatic carbocycles. The molecule has 0 amide bonds. The van der Waals surface area contributed by atoms with Gasteiger partial charge in [0.1, 0.15) is 0 Å². The zero-order valence-electron chi connectivity index (χ0n) is 12.7. The van der Waals surface area contributed by atoms with Gasteiger partial charge in [-0.15, -0.1) is 0 Å². The van der Waals surface area contributed by atoms with E-state index in [1.54, 1.807) is 6.92 Å². The highest BCUT2D eigenvalue weighted by atomic mass is 16.5. The highest BCUT2D eigenvalue weighted by Crippen LogP contribution is 2.36. The summed E-state index contributed by atoms with van der Waals surface area (Å²) < 4.78 is 10.6. The summed E-state index contributed by atoms with van der Waals surface area (Å²) in [4.78, 5) is 23.9. The molecule has 1 N–H and O–H groups in total. The molecule has 1 aliphatic rings. The number of hydrogen-bond donors (Lipinski definition) is 1. The van der Waals surface area contributed by atoms with Gasteiger partial charge in [-0.1, -0.05) is 13.8 Å². The summed E-state index contributed by atoms with van der Waals surface area (Å²) in [7, 11) is 0. The Morgan fingerprint density at radius 3 is 2.60 bits per heavy atom. The van der Waals surface area contributed by atoms with Crippen molar-refractivity contribution >= 4 is 11.9 Å². The molecular weight excluding hydrogens is 260 g/mol. The fraction of sp³-hybridized carbons (Fsp3) is 0.867. The number of aliphatic carboxylic acids is 1. The van der Waals surface area contributed by atoms with Gasteiger partial charge in [0.2, 0.25) is 0 Å². The maximum Gasteiger partial charge on any atom is 0.323 e. The molecule has 0 radical (unpaired) electrons. The lowest BCUT2D eigenvalue weighted by molar-refractivity contribution is -0.171. The Labute approximate surface area is 120 Å². The molecular formula is C15H26O5. The van der Waals surface area contributed by atoms with Gasteiger partial charge in [-0.2, -0.15) is 0 Å². The summed E-state index contributed by atoms with van der Waals surface area (Å²) in [5.41, 5.74) is -1.43. The van der Waals surface area contributed by atoms with Crippen molar-refractivity contribution in [3.05, 3.63) is 0 Å². The molecule has 5 heteroatoms. The van der Waals surface area contributed by atoms with Crippen molar-refractivity contribution in [1.82, 2.24) is 0 Å². The van der Waals surface area contributed by atoms with Crippen LogP contribution in [0.15, 0.2) is 0 Å². The van der Waals surface area contributed by atoms with Crippen LogP contribution in [-0.4, -0.2) is 36.4 Å². The van der Waals surface area contributed by atoms with E-state index < -0.39 is 17.4 Å². The molecule has 0 saturated carbocycles. The molecule has 1 heterocycles. The van der Waals surface area contributed by atoms with Gasteiger partial charge in [-0.25, -0.2) is 0 Å². The van der Waals surface area contributed by atoms with E-state index in [1.165, 1.54) is 0 Å². The second-order valence-electron chi connectivity index (χ2n) is 5.88. The molecule has 20 heavy (non-hydrogen) atoms. The van der Waals surface area contributed by atoms with E-state index in [2.05, 4.69) is 0 Å². The highest BCUT2D eigenvalue weighted by Gasteiger charge is 2.48. The first-order chi connectivity index (χ1) is 9.42. The van der Waals surface area contributed by atoms with Gasteiger partial charge in [0.25, 0.3) is 0 Å². The molecule has 0 aromatic rings. The van der Waals surface area contributed by atoms with Crippen LogP contribution in [0.25, 0.3) is 0 Å². The fourth-order valence-corrected chi connectivity index (χ4v) is 2.81. The summed E-state index contributed by atoms with van der Waals surface area (Å²) in [6.07, 6.45) is 3.21. The Balaban J connectivity index is 2.83. The molecule has 0 bridgehead atoms. The van der Waals surface area contributed by atoms with Crippen molar-refractivity contribution in [2.45, 2.75) is 59.0 Å². The minimum atomic E-state index is -1.43. The zero-order chi connectivity index (χ0) is 15.2. The van der Waals surface area contributed by atoms with Crippen molar-refractivity contribution in [2.24, 2.45) is 11.3 Å². The van der Waals surface area contributed by atoms with Gasteiger partial charge in [0.15, 0.2) is 5.41 Å². The maximum atomic E-state index is 12.2. The van der Waals surface area contributed by atoms with E-state index in [-0.39, 0.29) is 25.0 Å². The third-order valence-electron chi connectivity index (χ3n) is 3.75. The van der Waals surface area contributed by atoms with Gasteiger partial charge < -0.3 is 14.6 Å². The first-order valence-electron chi connectivity index (χ1n) is 7.44. The summed E-state index contributed by atoms with van der Waals surface area (Å²) in [6.45, 7) is 6.46. The van der Waals surface area contributed by atoms with Gasteiger partial charge >= 0.3 is 11.9 Å². The lowest BCUT2D eigenvalue weighted by Crippen LogP contribution is -2.42. The average Bonchev–Trinajstić information content (AvgIpc) is 2.87. The van der Waals surface area contributed by atoms with E-state index in [4.69, 9.17) is 9.47 Å². The largest absolute Gasteiger partial charge is 0.480 e. The van der Waals surface area contributed by atoms with E-state index in [9.17, 15) is 14.7 Å². The number of esters is 1. The van der Waals surface area contributed by atoms with Crippen LogP contribution in [0.3, 0.4) is 0 Å². The first-order valence-corrected chi connectivity index (χ1v) is 7.44. The van der Waals surface area contributed by atoms with Crippen LogP contribution >= 0.6 is 0 Å². The van der Waals surface area contributed by atoms with E-state index >= 15 is 0 Å². The van der Waals surface area contributed by atoms with Gasteiger partial charge in [-0.3, -0.25) is 9.59 Å². The Morgan fingerprint density at radius 2 is 2.15 bits per heavy atom. The summed E-state index contributed by atoms with van der Waals surface area (Å²) >= 11 is 0. The normalized spacial score (nSPS) is 21.7. The molecule has 2 unspecified atom stereocenters. The number of carboxylic acids is 1. The van der Waals surface area contributed by atoms with Gasteiger partial charge in [0.05, 0.1) is 12.7 Å². The van der Waals surface area contributed by atoms with Gasteiger partial charge in [0, 0.05) is 6.61 Å². The van der Waals surface area contributed by atoms with Crippen LogP contribution < -0.4 is 0 Å². The van der Waals surface area contributed by atoms with Crippen molar-refractivity contribution in [3.8, 4) is 0 Å². The molecule has 2 atom stereocenters. The minimum Gasteiger partial charge on any atom is -0.480 e. The predicted octanol–water partition coefficient (Wildman–Crippen LogP) is 2.63. The van der Waals surface area contributed by atoms with Gasteiger partial charge in [-0.05, 0) is 44.9 Å². The molecule has 0 aromatic heterocycles. The smallest absolute Gasteiger partial charge is 0.323 e. The topological polar surface area (TPSA) is 72.8 Å². The van der Waals surface area contributed by atoms with Crippen LogP contribution in [0.5, 0.6) is 0 Å². The molecule has 1 aliphatic heterocycles. The lowest BCUT2D eigenvalue weighted by Gasteiger charge is -2.29. The first kappa shape index (κ1) is 17.0. The summed E-state index contributed by atoms with van der Waals surface area (Å²) in [5, 5.41) is 9.60. The second-order valence-corrected chi connectivity index (χ2v) is 5.88. The SMILES string of the molecule is CCOC(=O)C(CCC1CCCO1)(CC(C)C)C(=O)O. The Kier molecular flexibility index (Phi) is 6.46. The molecule has 0 aromatic carbocycles. The van der Waals surface area contributed by atoms with Crippen LogP contribution in [0, 0.1) is 11.3 Å². The van der Waals surface area contributed by atoms with Crippen molar-refractivity contribution in [2.75, 3.05) is 13.2 Å². The minimum absolute atomic E-state index is 0.0790. The average molecular weight is 286 g/mol. The monoisotopic (exact) mass is 286 g/mol. The number of carbonyl (C=O) groups is 2. The maximum absolute atomic E-state index is 12.2. The van der Waals surface area contributed by atoms with Crippen molar-refractivity contribution in [3.63, 3.8) is 0 Å². The standard InChI is InChI=1S/C15H26O5/c1-4-19-14(18)15(13(16)17,10-11(2)3)8-7-12-6-5-9-20-12/h11-12H,4-10H2,1-3H3,(H,16,17). The molecule has 1 saturated heterocycles. The molecule has 1 rings (SSSR count). The number of carboxylic acid groups (broad SMARTS) is 1. The molecule has 116 valence electrons. The second kappa shape index (κ2) is 7.62. The number of rotatable bonds is 8. The number of hydrogen-bond acceptors (Lipinski definition) is 4. The van der Waals surface area contributed by atoms with Crippen molar-refractivity contribution < 1.29 is 24.2 Å². The van der Waals surface area contributed by atoms with Crippen LogP contribution in [0.1, 0.15) is 52.9 Å². The van der Waals surface area contributed by atoms with Crippen LogP contribution in [0.2, 0.25) is 0 Å². The number of ether oxygens (including phenoxy) is 2. The lowest BCUT2D eigenvalue weighted by atomic mass is 9.75. The Morgan fingerprint density at radius 1 is 1.45 bits per heavy atom.